The molecular formula is C26H24ClF2N5O3. The van der Waals surface area contributed by atoms with Crippen molar-refractivity contribution in [2.75, 3.05) is 0 Å². The zero-order chi connectivity index (χ0) is 27.1. The molecule has 8 nitrogen and oxygen atoms in total. The molecule has 0 amide bonds. The van der Waals surface area contributed by atoms with Crippen LogP contribution in [0.15, 0.2) is 52.7 Å². The van der Waals surface area contributed by atoms with Gasteiger partial charge in [0.25, 0.3) is 11.1 Å². The third-order valence-electron chi connectivity index (χ3n) is 5.74. The molecule has 0 aliphatic carbocycles. The van der Waals surface area contributed by atoms with Crippen LogP contribution in [0.2, 0.25) is 5.02 Å². The Kier molecular flexibility index (Phi) is 6.96. The number of hydrogen-bond acceptors (Lipinski definition) is 6. The minimum Gasteiger partial charge on any atom is -0.485 e. The third kappa shape index (κ3) is 5.15. The smallest absolute Gasteiger partial charge is 0.277 e. The van der Waals surface area contributed by atoms with Crippen molar-refractivity contribution in [3.8, 4) is 17.3 Å². The molecule has 0 atom stereocenters. The predicted molar refractivity (Wildman–Crippen MR) is 135 cm³/mol. The summed E-state index contributed by atoms with van der Waals surface area (Å²) in [6.45, 7) is 8.84. The Morgan fingerprint density at radius 1 is 1.00 bits per heavy atom. The fraction of sp³-hybridized carbons (Fsp3) is 0.269. The molecule has 0 aliphatic heterocycles. The summed E-state index contributed by atoms with van der Waals surface area (Å²) in [5.41, 5.74) is 0.685. The second-order valence-electron chi connectivity index (χ2n) is 9.54. The maximum absolute atomic E-state index is 13.9. The molecule has 4 aromatic heterocycles. The van der Waals surface area contributed by atoms with Crippen LogP contribution in [0, 0.1) is 25.5 Å². The number of nitrogens with zero attached hydrogens (tertiary/aromatic N) is 5. The Morgan fingerprint density at radius 2 is 1.73 bits per heavy atom. The summed E-state index contributed by atoms with van der Waals surface area (Å²) < 4.78 is 35.3. The van der Waals surface area contributed by atoms with Crippen LogP contribution in [0.25, 0.3) is 11.5 Å². The highest BCUT2D eigenvalue weighted by Gasteiger charge is 2.21. The Balaban J connectivity index is 1.76. The average Bonchev–Trinajstić information content (AvgIpc) is 2.82. The molecule has 4 rings (SSSR count). The van der Waals surface area contributed by atoms with E-state index in [1.807, 2.05) is 20.8 Å². The molecule has 0 saturated heterocycles. The molecule has 0 aromatic carbocycles. The second-order valence-corrected chi connectivity index (χ2v) is 9.91. The molecule has 0 unspecified atom stereocenters. The number of aromatic nitrogens is 5. The first-order valence-corrected chi connectivity index (χ1v) is 11.7. The molecular weight excluding hydrogens is 504 g/mol. The van der Waals surface area contributed by atoms with Gasteiger partial charge in [-0.1, -0.05) is 32.4 Å². The van der Waals surface area contributed by atoms with Gasteiger partial charge in [0.1, 0.15) is 41.0 Å². The van der Waals surface area contributed by atoms with Crippen LogP contribution in [-0.2, 0) is 12.0 Å². The normalized spacial score (nSPS) is 11.6. The van der Waals surface area contributed by atoms with E-state index in [4.69, 9.17) is 16.3 Å². The number of rotatable bonds is 5. The summed E-state index contributed by atoms with van der Waals surface area (Å²) in [5.74, 6) is -1.38. The fourth-order valence-corrected chi connectivity index (χ4v) is 3.94. The molecule has 0 aliphatic rings. The number of aryl methyl sites for hydroxylation is 2. The highest BCUT2D eigenvalue weighted by molar-refractivity contribution is 6.31. The van der Waals surface area contributed by atoms with Crippen molar-refractivity contribution >= 4 is 11.6 Å². The molecule has 0 fully saturated rings. The Hall–Kier alpha value is -3.92. The van der Waals surface area contributed by atoms with Crippen LogP contribution in [0.1, 0.15) is 43.3 Å². The number of ether oxygens (including phenoxy) is 1. The van der Waals surface area contributed by atoms with Crippen molar-refractivity contribution in [3.05, 3.63) is 103 Å². The van der Waals surface area contributed by atoms with Crippen LogP contribution in [-0.4, -0.2) is 24.1 Å². The molecule has 192 valence electrons. The predicted octanol–water partition coefficient (Wildman–Crippen LogP) is 4.60. The SMILES string of the molecule is Cc1cnc(-n2cncc(C(C)(C)C)c2=O)cc1-n1c(C)cc(OCc2ncc(F)cc2F)c(Cl)c1=O. The summed E-state index contributed by atoms with van der Waals surface area (Å²) in [6, 6.07) is 3.82. The van der Waals surface area contributed by atoms with E-state index in [-0.39, 0.29) is 34.5 Å². The largest absolute Gasteiger partial charge is 0.485 e. The van der Waals surface area contributed by atoms with Crippen LogP contribution >= 0.6 is 11.6 Å². The minimum atomic E-state index is -0.874. The van der Waals surface area contributed by atoms with E-state index >= 15 is 0 Å². The Bertz CT molecular complexity index is 1630. The molecule has 0 radical (unpaired) electrons. The number of halogens is 3. The van der Waals surface area contributed by atoms with Gasteiger partial charge in [0.2, 0.25) is 0 Å². The lowest BCUT2D eigenvalue weighted by Gasteiger charge is -2.19. The van der Waals surface area contributed by atoms with E-state index in [2.05, 4.69) is 15.0 Å². The van der Waals surface area contributed by atoms with Crippen molar-refractivity contribution in [2.45, 2.75) is 46.6 Å². The first-order chi connectivity index (χ1) is 17.4. The van der Waals surface area contributed by atoms with Gasteiger partial charge < -0.3 is 4.74 Å². The summed E-state index contributed by atoms with van der Waals surface area (Å²) >= 11 is 6.34. The molecule has 0 saturated carbocycles. The summed E-state index contributed by atoms with van der Waals surface area (Å²) in [4.78, 5) is 38.7. The van der Waals surface area contributed by atoms with Gasteiger partial charge in [-0.25, -0.2) is 18.7 Å². The van der Waals surface area contributed by atoms with Gasteiger partial charge in [-0.2, -0.15) is 0 Å². The fourth-order valence-electron chi connectivity index (χ4n) is 3.75. The molecule has 37 heavy (non-hydrogen) atoms. The second kappa shape index (κ2) is 9.85. The van der Waals surface area contributed by atoms with Crippen molar-refractivity contribution in [1.29, 1.82) is 0 Å². The Morgan fingerprint density at radius 3 is 2.41 bits per heavy atom. The highest BCUT2D eigenvalue weighted by Crippen LogP contribution is 2.26. The molecule has 11 heteroatoms. The number of hydrogen-bond donors (Lipinski definition) is 0. The van der Waals surface area contributed by atoms with E-state index < -0.39 is 22.6 Å². The zero-order valence-corrected chi connectivity index (χ0v) is 21.6. The van der Waals surface area contributed by atoms with E-state index in [1.165, 1.54) is 27.7 Å². The van der Waals surface area contributed by atoms with E-state index in [9.17, 15) is 18.4 Å². The molecule has 0 N–H and O–H groups in total. The summed E-state index contributed by atoms with van der Waals surface area (Å²) in [5, 5.41) is -0.237. The van der Waals surface area contributed by atoms with Crippen molar-refractivity contribution in [3.63, 3.8) is 0 Å². The van der Waals surface area contributed by atoms with Crippen LogP contribution in [0.4, 0.5) is 8.78 Å². The van der Waals surface area contributed by atoms with Gasteiger partial charge in [-0.15, -0.1) is 0 Å². The first kappa shape index (κ1) is 26.2. The molecule has 0 bridgehead atoms. The highest BCUT2D eigenvalue weighted by atomic mass is 35.5. The average molecular weight is 528 g/mol. The van der Waals surface area contributed by atoms with Crippen LogP contribution < -0.4 is 15.9 Å². The number of pyridine rings is 3. The lowest BCUT2D eigenvalue weighted by atomic mass is 9.89. The Labute approximate surface area is 216 Å². The monoisotopic (exact) mass is 527 g/mol. The molecule has 4 heterocycles. The lowest BCUT2D eigenvalue weighted by Crippen LogP contribution is -2.30. The van der Waals surface area contributed by atoms with Crippen molar-refractivity contribution < 1.29 is 13.5 Å². The van der Waals surface area contributed by atoms with E-state index in [1.54, 1.807) is 26.1 Å². The van der Waals surface area contributed by atoms with Gasteiger partial charge in [-0.3, -0.25) is 23.7 Å². The van der Waals surface area contributed by atoms with E-state index in [0.29, 0.717) is 28.6 Å². The van der Waals surface area contributed by atoms with Gasteiger partial charge in [0.15, 0.2) is 5.82 Å². The topological polar surface area (TPSA) is 91.9 Å². The third-order valence-corrected chi connectivity index (χ3v) is 6.09. The standard InChI is InChI=1S/C26H24ClF2N5O3/c1-14-9-32-22(33-13-30-11-17(24(33)35)26(3,4)5)8-20(14)34-15(2)6-21(23(27)25(34)36)37-12-19-18(29)7-16(28)10-31-19/h6-11,13H,12H2,1-5H3. The van der Waals surface area contributed by atoms with Gasteiger partial charge in [-0.05, 0) is 24.8 Å². The zero-order valence-electron chi connectivity index (χ0n) is 20.8. The first-order valence-electron chi connectivity index (χ1n) is 11.3. The van der Waals surface area contributed by atoms with Gasteiger partial charge >= 0.3 is 0 Å². The maximum atomic E-state index is 13.9. The van der Waals surface area contributed by atoms with Gasteiger partial charge in [0, 0.05) is 41.9 Å². The minimum absolute atomic E-state index is 0.0242. The van der Waals surface area contributed by atoms with Crippen molar-refractivity contribution in [1.82, 2.24) is 24.1 Å². The van der Waals surface area contributed by atoms with Gasteiger partial charge in [0.05, 0.1) is 11.9 Å². The van der Waals surface area contributed by atoms with Crippen molar-refractivity contribution in [2.24, 2.45) is 0 Å². The molecule has 0 spiro atoms. The lowest BCUT2D eigenvalue weighted by molar-refractivity contribution is 0.292. The quantitative estimate of drug-likeness (QED) is 0.377. The van der Waals surface area contributed by atoms with E-state index in [0.717, 1.165) is 6.20 Å². The van der Waals surface area contributed by atoms with Crippen LogP contribution in [0.5, 0.6) is 5.75 Å². The molecule has 4 aromatic rings. The maximum Gasteiger partial charge on any atom is 0.277 e. The summed E-state index contributed by atoms with van der Waals surface area (Å²) in [6.07, 6.45) is 5.33. The van der Waals surface area contributed by atoms with Crippen LogP contribution in [0.3, 0.4) is 0 Å². The summed E-state index contributed by atoms with van der Waals surface area (Å²) in [7, 11) is 0.